The topological polar surface area (TPSA) is 72.2 Å². The number of rotatable bonds is 7. The summed E-state index contributed by atoms with van der Waals surface area (Å²) < 4.78 is 11.1. The van der Waals surface area contributed by atoms with Crippen LogP contribution in [0.2, 0.25) is 0 Å². The van der Waals surface area contributed by atoms with Gasteiger partial charge in [0.1, 0.15) is 0 Å². The first-order valence-corrected chi connectivity index (χ1v) is 7.39. The van der Waals surface area contributed by atoms with Gasteiger partial charge >= 0.3 is 0 Å². The number of non-ortho nitro benzene ring substituents is 1. The van der Waals surface area contributed by atoms with Crippen LogP contribution in [0.4, 0.5) is 5.69 Å². The van der Waals surface area contributed by atoms with Crippen molar-refractivity contribution in [3.05, 3.63) is 39.9 Å². The Labute approximate surface area is 109 Å². The molecular formula is C12H18N2O3S. The summed E-state index contributed by atoms with van der Waals surface area (Å²) in [5.74, 6) is 0. The first kappa shape index (κ1) is 14.8. The number of hydrogen-bond donors (Lipinski definition) is 1. The fourth-order valence-corrected chi connectivity index (χ4v) is 1.89. The first-order valence-electron chi connectivity index (χ1n) is 5.77. The van der Waals surface area contributed by atoms with Gasteiger partial charge in [-0.1, -0.05) is 19.1 Å². The van der Waals surface area contributed by atoms with Crippen molar-refractivity contribution >= 4 is 16.5 Å². The van der Waals surface area contributed by atoms with E-state index >= 15 is 0 Å². The molecule has 0 fully saturated rings. The quantitative estimate of drug-likeness (QED) is 0.466. The molecule has 0 aliphatic rings. The molecular weight excluding hydrogens is 252 g/mol. The number of benzene rings is 1. The molecule has 5 nitrogen and oxygen atoms in total. The molecule has 0 saturated heterocycles. The van der Waals surface area contributed by atoms with Gasteiger partial charge in [-0.3, -0.25) is 14.3 Å². The van der Waals surface area contributed by atoms with Gasteiger partial charge < -0.3 is 5.32 Å². The van der Waals surface area contributed by atoms with Gasteiger partial charge in [0.05, 0.1) is 4.92 Å². The number of nitrogens with zero attached hydrogens (tertiary/aromatic N) is 1. The molecule has 0 spiro atoms. The zero-order chi connectivity index (χ0) is 13.5. The van der Waals surface area contributed by atoms with E-state index in [2.05, 4.69) is 5.32 Å². The molecule has 0 aliphatic heterocycles. The van der Waals surface area contributed by atoms with Crippen molar-refractivity contribution in [2.45, 2.75) is 25.1 Å². The number of nitro benzene ring substituents is 1. The summed E-state index contributed by atoms with van der Waals surface area (Å²) in [6.07, 6.45) is 2.57. The first-order chi connectivity index (χ1) is 8.50. The summed E-state index contributed by atoms with van der Waals surface area (Å²) in [7, 11) is -0.782. The largest absolute Gasteiger partial charge is 0.313 e. The summed E-state index contributed by atoms with van der Waals surface area (Å²) in [4.78, 5) is 10.1. The minimum absolute atomic E-state index is 0.105. The normalized spacial score (nSPS) is 14.1. The molecule has 0 heterocycles. The fourth-order valence-electron chi connectivity index (χ4n) is 1.44. The Balaban J connectivity index is 2.31. The van der Waals surface area contributed by atoms with Crippen molar-refractivity contribution < 1.29 is 9.13 Å². The van der Waals surface area contributed by atoms with E-state index < -0.39 is 15.7 Å². The average molecular weight is 270 g/mol. The van der Waals surface area contributed by atoms with Gasteiger partial charge in [0.15, 0.2) is 0 Å². The van der Waals surface area contributed by atoms with Crippen molar-refractivity contribution in [1.29, 1.82) is 0 Å². The monoisotopic (exact) mass is 270 g/mol. The van der Waals surface area contributed by atoms with Crippen LogP contribution in [0.1, 0.15) is 18.9 Å². The van der Waals surface area contributed by atoms with Crippen molar-refractivity contribution in [2.24, 2.45) is 0 Å². The zero-order valence-corrected chi connectivity index (χ0v) is 11.4. The Kier molecular flexibility index (Phi) is 5.94. The molecule has 0 radical (unpaired) electrons. The van der Waals surface area contributed by atoms with E-state index in [0.29, 0.717) is 6.54 Å². The van der Waals surface area contributed by atoms with E-state index in [1.807, 2.05) is 6.92 Å². The van der Waals surface area contributed by atoms with Crippen LogP contribution in [0.15, 0.2) is 24.3 Å². The van der Waals surface area contributed by atoms with Crippen molar-refractivity contribution in [2.75, 3.05) is 12.8 Å². The number of hydrogen-bond acceptors (Lipinski definition) is 4. The van der Waals surface area contributed by atoms with E-state index in [9.17, 15) is 14.3 Å². The fraction of sp³-hybridized carbons (Fsp3) is 0.500. The second-order valence-electron chi connectivity index (χ2n) is 4.20. The summed E-state index contributed by atoms with van der Waals surface area (Å²) >= 11 is 0. The molecule has 2 atom stereocenters. The minimum Gasteiger partial charge on any atom is -0.313 e. The van der Waals surface area contributed by atoms with Gasteiger partial charge in [0.25, 0.3) is 5.69 Å². The molecule has 18 heavy (non-hydrogen) atoms. The molecule has 0 aliphatic carbocycles. The van der Waals surface area contributed by atoms with E-state index in [1.165, 1.54) is 12.1 Å². The molecule has 1 aromatic rings. The minimum atomic E-state index is -0.782. The Bertz CT molecular complexity index is 420. The maximum Gasteiger partial charge on any atom is 0.269 e. The maximum absolute atomic E-state index is 11.1. The third kappa shape index (κ3) is 4.93. The Hall–Kier alpha value is -1.27. The van der Waals surface area contributed by atoms with Crippen molar-refractivity contribution in [3.8, 4) is 0 Å². The molecule has 1 rings (SSSR count). The Morgan fingerprint density at radius 2 is 2.00 bits per heavy atom. The highest BCUT2D eigenvalue weighted by atomic mass is 32.2. The van der Waals surface area contributed by atoms with Gasteiger partial charge in [-0.15, -0.1) is 0 Å². The lowest BCUT2D eigenvalue weighted by Gasteiger charge is -2.09. The molecule has 0 bridgehead atoms. The van der Waals surface area contributed by atoms with Gasteiger partial charge in [0, 0.05) is 41.0 Å². The van der Waals surface area contributed by atoms with Crippen LogP contribution >= 0.6 is 0 Å². The van der Waals surface area contributed by atoms with Crippen LogP contribution in [-0.4, -0.2) is 27.2 Å². The summed E-state index contributed by atoms with van der Waals surface area (Å²) in [5.41, 5.74) is 1.11. The summed E-state index contributed by atoms with van der Waals surface area (Å²) in [6.45, 7) is 3.42. The SMILES string of the molecule is CC(CCNCc1ccc([N+](=O)[O-])cc1)S(C)=O. The maximum atomic E-state index is 11.1. The lowest BCUT2D eigenvalue weighted by Crippen LogP contribution is -2.20. The van der Waals surface area contributed by atoms with E-state index in [1.54, 1.807) is 18.4 Å². The average Bonchev–Trinajstić information content (AvgIpc) is 2.34. The van der Waals surface area contributed by atoms with Crippen LogP contribution < -0.4 is 5.32 Å². The predicted molar refractivity (Wildman–Crippen MR) is 72.9 cm³/mol. The standard InChI is InChI=1S/C12H18N2O3S/c1-10(18(2)17)7-8-13-9-11-3-5-12(6-4-11)14(15)16/h3-6,10,13H,7-9H2,1-2H3. The molecule has 100 valence electrons. The zero-order valence-electron chi connectivity index (χ0n) is 10.6. The molecule has 6 heteroatoms. The molecule has 1 aromatic carbocycles. The Morgan fingerprint density at radius 1 is 1.39 bits per heavy atom. The van der Waals surface area contributed by atoms with E-state index in [0.717, 1.165) is 18.5 Å². The molecule has 1 N–H and O–H groups in total. The number of nitrogens with one attached hydrogen (secondary N) is 1. The Morgan fingerprint density at radius 3 is 2.50 bits per heavy atom. The van der Waals surface area contributed by atoms with E-state index in [-0.39, 0.29) is 10.9 Å². The second kappa shape index (κ2) is 7.23. The third-order valence-electron chi connectivity index (χ3n) is 2.77. The van der Waals surface area contributed by atoms with Crippen molar-refractivity contribution in [1.82, 2.24) is 5.32 Å². The van der Waals surface area contributed by atoms with Gasteiger partial charge in [-0.2, -0.15) is 0 Å². The second-order valence-corrected chi connectivity index (χ2v) is 6.00. The third-order valence-corrected chi connectivity index (χ3v) is 4.14. The molecule has 2 unspecified atom stereocenters. The predicted octanol–water partition coefficient (Wildman–Crippen LogP) is 1.84. The summed E-state index contributed by atoms with van der Waals surface area (Å²) in [6, 6.07) is 6.49. The van der Waals surface area contributed by atoms with Gasteiger partial charge in [0.2, 0.25) is 0 Å². The van der Waals surface area contributed by atoms with Crippen LogP contribution in [0, 0.1) is 10.1 Å². The van der Waals surface area contributed by atoms with Crippen LogP contribution in [0.25, 0.3) is 0 Å². The highest BCUT2D eigenvalue weighted by Gasteiger charge is 2.06. The molecule has 0 aromatic heterocycles. The lowest BCUT2D eigenvalue weighted by atomic mass is 10.2. The molecule has 0 saturated carbocycles. The highest BCUT2D eigenvalue weighted by Crippen LogP contribution is 2.11. The van der Waals surface area contributed by atoms with Crippen LogP contribution in [-0.2, 0) is 17.3 Å². The number of nitro groups is 1. The van der Waals surface area contributed by atoms with Crippen molar-refractivity contribution in [3.63, 3.8) is 0 Å². The van der Waals surface area contributed by atoms with Gasteiger partial charge in [-0.05, 0) is 18.5 Å². The highest BCUT2D eigenvalue weighted by molar-refractivity contribution is 7.84. The van der Waals surface area contributed by atoms with E-state index in [4.69, 9.17) is 0 Å². The van der Waals surface area contributed by atoms with Crippen LogP contribution in [0.3, 0.4) is 0 Å². The summed E-state index contributed by atoms with van der Waals surface area (Å²) in [5, 5.41) is 13.9. The van der Waals surface area contributed by atoms with Gasteiger partial charge in [-0.25, -0.2) is 0 Å². The molecule has 0 amide bonds. The van der Waals surface area contributed by atoms with Crippen LogP contribution in [0.5, 0.6) is 0 Å². The smallest absolute Gasteiger partial charge is 0.269 e. The lowest BCUT2D eigenvalue weighted by molar-refractivity contribution is -0.384.